The van der Waals surface area contributed by atoms with E-state index in [4.69, 9.17) is 35.7 Å². The zero-order valence-electron chi connectivity index (χ0n) is 30.2. The highest BCUT2D eigenvalue weighted by Gasteiger charge is 2.51. The van der Waals surface area contributed by atoms with E-state index < -0.39 is 24.5 Å². The van der Waals surface area contributed by atoms with Gasteiger partial charge in [-0.3, -0.25) is 4.79 Å². The summed E-state index contributed by atoms with van der Waals surface area (Å²) in [6.45, 7) is 2.70. The number of carbonyl (C=O) groups excluding carboxylic acids is 1. The van der Waals surface area contributed by atoms with Gasteiger partial charge in [0.1, 0.15) is 5.52 Å². The zero-order chi connectivity index (χ0) is 36.9. The summed E-state index contributed by atoms with van der Waals surface area (Å²) in [7, 11) is 0. The molecule has 2 bridgehead atoms. The van der Waals surface area contributed by atoms with Gasteiger partial charge in [-0.1, -0.05) is 35.3 Å². The number of ether oxygens (including phenoxy) is 1. The lowest BCUT2D eigenvalue weighted by Gasteiger charge is -2.39. The maximum Gasteiger partial charge on any atom is 0.226 e. The van der Waals surface area contributed by atoms with Crippen molar-refractivity contribution in [2.45, 2.75) is 83.2 Å². The second-order valence-corrected chi connectivity index (χ2v) is 15.9. The first-order valence-electron chi connectivity index (χ1n) is 18.6. The molecule has 1 amide bonds. The summed E-state index contributed by atoms with van der Waals surface area (Å²) in [6.07, 6.45) is 3.00. The number of pyridine rings is 1. The standard InChI is InChI=1S/C39H37Cl2FN6O2S/c1-19-18-51-46-30(19)17-50-24-13-31(47(16-24)39(49)21-8-9-21)32-14-26-20(2)45-36-27(38(26)48(32)37-23-12-29(37)44-15-23)11-22(5-4-10-43)33(35(36)42)25-6-3-7-28(40)34(25)41/h3,6-7,11,14,18,21,23-24,29,31,37,44H,4-5,8-9,12-13,15-17H2,1-2H3/t23-,24+,29-,31-,37+/m1/s1/i17D2. The van der Waals surface area contributed by atoms with Gasteiger partial charge >= 0.3 is 0 Å². The lowest BCUT2D eigenvalue weighted by Crippen LogP contribution is -2.41. The number of aryl methyl sites for hydroxylation is 3. The molecule has 12 heteroatoms. The lowest BCUT2D eigenvalue weighted by molar-refractivity contribution is -0.134. The van der Waals surface area contributed by atoms with Gasteiger partial charge in [0.05, 0.1) is 54.8 Å². The van der Waals surface area contributed by atoms with Crippen molar-refractivity contribution in [3.8, 4) is 17.2 Å². The molecule has 6 heterocycles. The highest BCUT2D eigenvalue weighted by molar-refractivity contribution is 7.03. The van der Waals surface area contributed by atoms with Crippen molar-refractivity contribution in [1.82, 2.24) is 24.1 Å². The van der Waals surface area contributed by atoms with E-state index >= 15 is 4.39 Å². The van der Waals surface area contributed by atoms with E-state index in [2.05, 4.69) is 26.4 Å². The van der Waals surface area contributed by atoms with Crippen molar-refractivity contribution >= 4 is 62.4 Å². The van der Waals surface area contributed by atoms with E-state index in [0.717, 1.165) is 48.0 Å². The minimum atomic E-state index is -2.13. The average molecular weight is 746 g/mol. The van der Waals surface area contributed by atoms with Crippen LogP contribution in [-0.4, -0.2) is 50.0 Å². The summed E-state index contributed by atoms with van der Waals surface area (Å²) in [4.78, 5) is 20.8. The lowest BCUT2D eigenvalue weighted by atomic mass is 9.79. The topological polar surface area (TPSA) is 96.1 Å². The average Bonchev–Trinajstić information content (AvgIpc) is 3.57. The molecule has 0 unspecified atom stereocenters. The van der Waals surface area contributed by atoms with Crippen LogP contribution >= 0.6 is 34.7 Å². The normalized spacial score (nSPS) is 24.9. The first kappa shape index (κ1) is 31.0. The first-order valence-corrected chi connectivity index (χ1v) is 19.2. The number of aromatic nitrogens is 3. The van der Waals surface area contributed by atoms with Gasteiger partial charge in [0, 0.05) is 76.6 Å². The third-order valence-electron chi connectivity index (χ3n) is 11.3. The quantitative estimate of drug-likeness (QED) is 0.162. The molecule has 3 aliphatic heterocycles. The van der Waals surface area contributed by atoms with Crippen LogP contribution in [0.25, 0.3) is 32.9 Å². The number of nitrogens with one attached hydrogen (secondary N) is 1. The number of nitriles is 1. The summed E-state index contributed by atoms with van der Waals surface area (Å²) >= 11 is 14.3. The second-order valence-electron chi connectivity index (χ2n) is 14.5. The molecule has 8 nitrogen and oxygen atoms in total. The maximum atomic E-state index is 17.2. The number of hydrogen-bond donors (Lipinski definition) is 1. The third-order valence-corrected chi connectivity index (χ3v) is 12.9. The maximum absolute atomic E-state index is 17.2. The Morgan fingerprint density at radius 1 is 1.24 bits per heavy atom. The van der Waals surface area contributed by atoms with Crippen LogP contribution in [0, 0.1) is 42.8 Å². The molecule has 10 rings (SSSR count). The minimum Gasteiger partial charge on any atom is -0.370 e. The Kier molecular flexibility index (Phi) is 7.79. The molecule has 51 heavy (non-hydrogen) atoms. The van der Waals surface area contributed by atoms with Crippen LogP contribution in [0.3, 0.4) is 0 Å². The monoisotopic (exact) mass is 744 g/mol. The number of benzene rings is 2. The Bertz CT molecular complexity index is 2360. The summed E-state index contributed by atoms with van der Waals surface area (Å²) in [5, 5.41) is 17.1. The minimum absolute atomic E-state index is 0.0501. The van der Waals surface area contributed by atoms with Crippen LogP contribution in [0.4, 0.5) is 4.39 Å². The molecule has 5 aliphatic rings. The Labute approximate surface area is 312 Å². The van der Waals surface area contributed by atoms with E-state index in [1.54, 1.807) is 23.6 Å². The molecule has 0 radical (unpaired) electrons. The van der Waals surface area contributed by atoms with Crippen molar-refractivity contribution in [3.05, 3.63) is 79.8 Å². The van der Waals surface area contributed by atoms with Gasteiger partial charge in [-0.25, -0.2) is 9.37 Å². The molecule has 0 spiro atoms. The zero-order valence-corrected chi connectivity index (χ0v) is 30.5. The van der Waals surface area contributed by atoms with Crippen molar-refractivity contribution in [1.29, 1.82) is 5.26 Å². The van der Waals surface area contributed by atoms with Gasteiger partial charge in [-0.05, 0) is 86.3 Å². The Balaban J connectivity index is 1.24. The van der Waals surface area contributed by atoms with Gasteiger partial charge in [-0.15, -0.1) is 0 Å². The van der Waals surface area contributed by atoms with Crippen molar-refractivity contribution in [2.24, 2.45) is 11.8 Å². The highest BCUT2D eigenvalue weighted by atomic mass is 35.5. The first-order chi connectivity index (χ1) is 25.5. The number of rotatable bonds is 9. The summed E-state index contributed by atoms with van der Waals surface area (Å²) in [5.74, 6) is -0.155. The fraction of sp³-hybridized carbons (Fsp3) is 0.436. The van der Waals surface area contributed by atoms with Gasteiger partial charge in [-0.2, -0.15) is 9.64 Å². The molecule has 2 saturated carbocycles. The van der Waals surface area contributed by atoms with E-state index in [1.807, 2.05) is 24.8 Å². The number of hydrogen-bond acceptors (Lipinski definition) is 7. The largest absolute Gasteiger partial charge is 0.370 e. The van der Waals surface area contributed by atoms with Gasteiger partial charge < -0.3 is 19.5 Å². The fourth-order valence-corrected chi connectivity index (χ4v) is 9.60. The number of fused-ring (bicyclic) bond motifs is 4. The molecular formula is C39H37Cl2FN6O2S. The van der Waals surface area contributed by atoms with Gasteiger partial charge in [0.15, 0.2) is 5.82 Å². The van der Waals surface area contributed by atoms with Crippen molar-refractivity contribution < 1.29 is 16.7 Å². The predicted octanol–water partition coefficient (Wildman–Crippen LogP) is 8.63. The van der Waals surface area contributed by atoms with Crippen LogP contribution in [0.5, 0.6) is 0 Å². The molecule has 5 fully saturated rings. The molecule has 3 saturated heterocycles. The Hall–Kier alpha value is -3.59. The van der Waals surface area contributed by atoms with E-state index in [-0.39, 0.29) is 58.7 Å². The molecular weight excluding hydrogens is 706 g/mol. The summed E-state index contributed by atoms with van der Waals surface area (Å²) in [6, 6.07) is 11.3. The van der Waals surface area contributed by atoms with Crippen molar-refractivity contribution in [2.75, 3.05) is 13.1 Å². The second kappa shape index (κ2) is 12.8. The molecule has 2 aromatic carbocycles. The number of halogens is 3. The molecule has 2 aliphatic carbocycles. The van der Waals surface area contributed by atoms with E-state index in [1.165, 1.54) is 11.5 Å². The third kappa shape index (κ3) is 5.47. The van der Waals surface area contributed by atoms with E-state index in [0.29, 0.717) is 46.0 Å². The predicted molar refractivity (Wildman–Crippen MR) is 197 cm³/mol. The van der Waals surface area contributed by atoms with Crippen LogP contribution in [-0.2, 0) is 22.5 Å². The smallest absolute Gasteiger partial charge is 0.226 e. The van der Waals surface area contributed by atoms with Crippen LogP contribution in [0.2, 0.25) is 10.0 Å². The molecule has 5 aromatic rings. The van der Waals surface area contributed by atoms with Gasteiger partial charge in [0.2, 0.25) is 5.91 Å². The molecule has 262 valence electrons. The summed E-state index contributed by atoms with van der Waals surface area (Å²) in [5.41, 5.74) is 4.99. The fourth-order valence-electron chi connectivity index (χ4n) is 8.59. The van der Waals surface area contributed by atoms with Crippen molar-refractivity contribution in [3.63, 3.8) is 0 Å². The van der Waals surface area contributed by atoms with E-state index in [9.17, 15) is 10.1 Å². The molecule has 5 atom stereocenters. The highest BCUT2D eigenvalue weighted by Crippen LogP contribution is 2.51. The Morgan fingerprint density at radius 2 is 2.08 bits per heavy atom. The summed E-state index contributed by atoms with van der Waals surface area (Å²) < 4.78 is 47.7. The number of likely N-dealkylation sites (tertiary alicyclic amines) is 1. The number of amides is 1. The SMILES string of the molecule is [2H]C([2H])(O[C@H]1C[C@H](c2cc3c(C)nc4c(F)c(-c5cccc(Cl)c5Cl)c(CCC#N)cc4c3n2[C@H]2[C@H]3CN[C@@H]2C3)N(C(=O)C2CC2)C1)c1nscc1C. The van der Waals surface area contributed by atoms with Gasteiger partial charge in [0.25, 0.3) is 0 Å². The number of carbonyl (C=O) groups is 1. The number of nitrogens with zero attached hydrogens (tertiary/aromatic N) is 5. The Morgan fingerprint density at radius 3 is 2.78 bits per heavy atom. The van der Waals surface area contributed by atoms with Crippen LogP contribution in [0.15, 0.2) is 35.7 Å². The molecule has 1 N–H and O–H groups in total. The van der Waals surface area contributed by atoms with Crippen LogP contribution < -0.4 is 5.32 Å². The van der Waals surface area contributed by atoms with Crippen LogP contribution in [0.1, 0.15) is 75.1 Å². The molecule has 3 aromatic heterocycles.